The zero-order chi connectivity index (χ0) is 37.1. The van der Waals surface area contributed by atoms with E-state index < -0.39 is 0 Å². The van der Waals surface area contributed by atoms with Gasteiger partial charge in [-0.1, -0.05) is 60.7 Å². The Balaban J connectivity index is 0.841. The van der Waals surface area contributed by atoms with Crippen LogP contribution in [0.4, 0.5) is 8.78 Å². The third-order valence-electron chi connectivity index (χ3n) is 10.6. The number of nitrogens with zero attached hydrogens (tertiary/aromatic N) is 2. The summed E-state index contributed by atoms with van der Waals surface area (Å²) in [5.74, 6) is -0.235. The fourth-order valence-electron chi connectivity index (χ4n) is 7.75. The Kier molecular flexibility index (Phi) is 6.70. The van der Waals surface area contributed by atoms with Crippen molar-refractivity contribution in [2.45, 2.75) is 0 Å². The molecule has 0 atom stereocenters. The molecule has 0 unspecified atom stereocenters. The number of hydrogen-bond donors (Lipinski definition) is 0. The number of hydrogen-bond acceptors (Lipinski definition) is 6. The van der Waals surface area contributed by atoms with Crippen molar-refractivity contribution in [1.29, 1.82) is 0 Å². The van der Waals surface area contributed by atoms with Gasteiger partial charge in [-0.15, -0.1) is 22.7 Å². The zero-order valence-corrected chi connectivity index (χ0v) is 30.8. The second-order valence-electron chi connectivity index (χ2n) is 14.1. The fourth-order valence-corrected chi connectivity index (χ4v) is 9.93. The first kappa shape index (κ1) is 31.6. The molecule has 4 aromatic heterocycles. The summed E-state index contributed by atoms with van der Waals surface area (Å²) in [6.45, 7) is 0. The summed E-state index contributed by atoms with van der Waals surface area (Å²) < 4.78 is 45.6. The van der Waals surface area contributed by atoms with Gasteiger partial charge in [0.25, 0.3) is 0 Å². The third kappa shape index (κ3) is 5.07. The average Bonchev–Trinajstić information content (AvgIpc) is 4.01. The Labute approximate surface area is 324 Å². The molecule has 0 saturated carbocycles. The monoisotopic (exact) mass is 762 g/mol. The van der Waals surface area contributed by atoms with Crippen LogP contribution in [0.25, 0.3) is 118 Å². The molecule has 264 valence electrons. The van der Waals surface area contributed by atoms with Crippen LogP contribution in [0.1, 0.15) is 0 Å². The Bertz CT molecular complexity index is 3190. The second kappa shape index (κ2) is 11.9. The van der Waals surface area contributed by atoms with Crippen molar-refractivity contribution in [3.05, 3.63) is 157 Å². The lowest BCUT2D eigenvalue weighted by molar-refractivity contribution is 0.593. The van der Waals surface area contributed by atoms with E-state index in [0.717, 1.165) is 73.4 Å². The normalized spacial score (nSPS) is 12.1. The molecule has 0 N–H and O–H groups in total. The topological polar surface area (TPSA) is 52.1 Å². The SMILES string of the molecule is Fc1cc(-c2cc3cc4cc5sc(-c6ccc(-c7nc8cc9ccccc9cc8o7)c(F)c6)cc5cc4cc3s2)ccc1-c1nc2cc3ccccc3cc2o1. The van der Waals surface area contributed by atoms with Gasteiger partial charge in [0, 0.05) is 19.2 Å². The van der Waals surface area contributed by atoms with Crippen LogP contribution in [0.3, 0.4) is 0 Å². The maximum Gasteiger partial charge on any atom is 0.230 e. The van der Waals surface area contributed by atoms with E-state index in [2.05, 4.69) is 46.4 Å². The maximum atomic E-state index is 15.7. The quantitative estimate of drug-likeness (QED) is 0.179. The van der Waals surface area contributed by atoms with Crippen LogP contribution < -0.4 is 0 Å². The second-order valence-corrected chi connectivity index (χ2v) is 16.3. The molecule has 4 nitrogen and oxygen atoms in total. The zero-order valence-electron chi connectivity index (χ0n) is 29.1. The van der Waals surface area contributed by atoms with Crippen molar-refractivity contribution in [3.8, 4) is 43.8 Å². The van der Waals surface area contributed by atoms with Crippen molar-refractivity contribution in [2.24, 2.45) is 0 Å². The molecule has 0 aliphatic rings. The van der Waals surface area contributed by atoms with Gasteiger partial charge in [0.2, 0.25) is 11.8 Å². The summed E-state index contributed by atoms with van der Waals surface area (Å²) in [5, 5.41) is 8.61. The van der Waals surface area contributed by atoms with E-state index >= 15 is 8.78 Å². The van der Waals surface area contributed by atoms with Gasteiger partial charge in [0.1, 0.15) is 22.7 Å². The molecule has 12 aromatic rings. The van der Waals surface area contributed by atoms with E-state index in [1.807, 2.05) is 84.9 Å². The van der Waals surface area contributed by atoms with Crippen molar-refractivity contribution in [2.75, 3.05) is 0 Å². The first-order valence-electron chi connectivity index (χ1n) is 18.1. The van der Waals surface area contributed by atoms with Crippen LogP contribution in [0.5, 0.6) is 0 Å². The van der Waals surface area contributed by atoms with E-state index in [1.54, 1.807) is 46.9 Å². The minimum atomic E-state index is -0.383. The lowest BCUT2D eigenvalue weighted by atomic mass is 10.0. The molecule has 0 aliphatic carbocycles. The number of thiophene rings is 2. The van der Waals surface area contributed by atoms with Crippen molar-refractivity contribution in [1.82, 2.24) is 9.97 Å². The minimum Gasteiger partial charge on any atom is -0.436 e. The van der Waals surface area contributed by atoms with Crippen LogP contribution >= 0.6 is 22.7 Å². The molecule has 12 rings (SSSR count). The van der Waals surface area contributed by atoms with Gasteiger partial charge in [-0.25, -0.2) is 18.7 Å². The van der Waals surface area contributed by atoms with Gasteiger partial charge in [-0.3, -0.25) is 0 Å². The van der Waals surface area contributed by atoms with Crippen LogP contribution in [0.2, 0.25) is 0 Å². The summed E-state index contributed by atoms with van der Waals surface area (Å²) >= 11 is 3.27. The van der Waals surface area contributed by atoms with Gasteiger partial charge >= 0.3 is 0 Å². The van der Waals surface area contributed by atoms with Gasteiger partial charge in [0.15, 0.2) is 11.2 Å². The van der Waals surface area contributed by atoms with Gasteiger partial charge in [0.05, 0.1) is 11.1 Å². The summed E-state index contributed by atoms with van der Waals surface area (Å²) in [5.41, 5.74) is 4.91. The van der Waals surface area contributed by atoms with Crippen molar-refractivity contribution in [3.63, 3.8) is 0 Å². The van der Waals surface area contributed by atoms with Gasteiger partial charge < -0.3 is 8.83 Å². The number of rotatable bonds is 4. The van der Waals surface area contributed by atoms with E-state index in [9.17, 15) is 0 Å². The summed E-state index contributed by atoms with van der Waals surface area (Å²) in [6.07, 6.45) is 0. The Hall–Kier alpha value is -6.74. The largest absolute Gasteiger partial charge is 0.436 e. The smallest absolute Gasteiger partial charge is 0.230 e. The summed E-state index contributed by atoms with van der Waals surface area (Å²) in [6, 6.07) is 47.3. The first-order chi connectivity index (χ1) is 27.5. The maximum absolute atomic E-state index is 15.7. The molecular weight excluding hydrogens is 739 g/mol. The molecule has 0 aliphatic heterocycles. The van der Waals surface area contributed by atoms with Gasteiger partial charge in [-0.2, -0.15) is 0 Å². The standard InChI is InChI=1S/C48H24F2N2O2S2/c49-37-15-29(9-11-35(37)47-51-39-17-25-5-1-3-7-27(25)19-41(39)53-47)43-23-33-13-31-22-46-34(14-32(31)21-45(33)55-43)24-44(56-46)30-10-12-36(38(50)16-30)48-52-40-18-26-6-2-4-8-28(26)20-42(40)54-48/h1-24H. The number of aromatic nitrogens is 2. The first-order valence-corrected chi connectivity index (χ1v) is 19.7. The molecule has 8 heteroatoms. The van der Waals surface area contributed by atoms with E-state index in [-0.39, 0.29) is 23.4 Å². The fraction of sp³-hybridized carbons (Fsp3) is 0. The van der Waals surface area contributed by atoms with Crippen LogP contribution in [-0.4, -0.2) is 9.97 Å². The van der Waals surface area contributed by atoms with Crippen molar-refractivity contribution < 1.29 is 17.6 Å². The molecular formula is C48H24F2N2O2S2. The highest BCUT2D eigenvalue weighted by Gasteiger charge is 2.18. The van der Waals surface area contributed by atoms with E-state index in [4.69, 9.17) is 8.83 Å². The highest BCUT2D eigenvalue weighted by atomic mass is 32.1. The Morgan fingerprint density at radius 3 is 1.25 bits per heavy atom. The molecule has 0 saturated heterocycles. The van der Waals surface area contributed by atoms with Gasteiger partial charge in [-0.05, 0) is 139 Å². The molecule has 0 amide bonds. The van der Waals surface area contributed by atoms with E-state index in [0.29, 0.717) is 33.3 Å². The predicted octanol–water partition coefficient (Wildman–Crippen LogP) is 14.8. The minimum absolute atomic E-state index is 0.265. The lowest BCUT2D eigenvalue weighted by Crippen LogP contribution is -1.85. The van der Waals surface area contributed by atoms with Crippen LogP contribution in [0, 0.1) is 11.6 Å². The molecule has 4 heterocycles. The average molecular weight is 763 g/mol. The molecule has 0 fully saturated rings. The predicted molar refractivity (Wildman–Crippen MR) is 227 cm³/mol. The molecule has 56 heavy (non-hydrogen) atoms. The number of halogens is 2. The molecule has 8 aromatic carbocycles. The Morgan fingerprint density at radius 2 is 0.821 bits per heavy atom. The lowest BCUT2D eigenvalue weighted by Gasteiger charge is -2.02. The summed E-state index contributed by atoms with van der Waals surface area (Å²) in [4.78, 5) is 11.2. The van der Waals surface area contributed by atoms with Crippen LogP contribution in [-0.2, 0) is 0 Å². The van der Waals surface area contributed by atoms with Crippen LogP contribution in [0.15, 0.2) is 154 Å². The third-order valence-corrected chi connectivity index (χ3v) is 12.9. The number of oxazole rings is 2. The highest BCUT2D eigenvalue weighted by molar-refractivity contribution is 7.22. The molecule has 0 bridgehead atoms. The number of benzene rings is 8. The van der Waals surface area contributed by atoms with E-state index in [1.165, 1.54) is 0 Å². The molecule has 0 spiro atoms. The van der Waals surface area contributed by atoms with Crippen molar-refractivity contribution >= 4 is 97.4 Å². The molecule has 0 radical (unpaired) electrons. The highest BCUT2D eigenvalue weighted by Crippen LogP contribution is 2.42. The Morgan fingerprint density at radius 1 is 0.393 bits per heavy atom. The number of fused-ring (bicyclic) bond motifs is 7. The summed E-state index contributed by atoms with van der Waals surface area (Å²) in [7, 11) is 0.